The topological polar surface area (TPSA) is 85.6 Å². The molecule has 3 aromatic rings. The molecule has 1 atom stereocenters. The zero-order chi connectivity index (χ0) is 22.3. The minimum Gasteiger partial charge on any atom is -0.465 e. The maximum Gasteiger partial charge on any atom is 0.199 e. The van der Waals surface area contributed by atoms with Gasteiger partial charge in [-0.2, -0.15) is 5.26 Å². The Kier molecular flexibility index (Phi) is 7.29. The number of hydrogen-bond donors (Lipinski definition) is 0. The highest BCUT2D eigenvalue weighted by Crippen LogP contribution is 2.29. The van der Waals surface area contributed by atoms with Crippen molar-refractivity contribution in [1.82, 2.24) is 0 Å². The van der Waals surface area contributed by atoms with Crippen LogP contribution in [0.5, 0.6) is 17.2 Å². The number of ether oxygens (including phenoxy) is 3. The van der Waals surface area contributed by atoms with Crippen LogP contribution in [0.15, 0.2) is 77.7 Å². The van der Waals surface area contributed by atoms with Gasteiger partial charge in [0.2, 0.25) is 0 Å². The van der Waals surface area contributed by atoms with Gasteiger partial charge in [0.25, 0.3) is 0 Å². The molecule has 0 amide bonds. The Morgan fingerprint density at radius 3 is 2.23 bits per heavy atom. The zero-order valence-corrected chi connectivity index (χ0v) is 18.1. The molecule has 0 spiro atoms. The third-order valence-corrected chi connectivity index (χ3v) is 5.50. The summed E-state index contributed by atoms with van der Waals surface area (Å²) in [5.41, 5.74) is 1.41. The van der Waals surface area contributed by atoms with Crippen molar-refractivity contribution in [3.63, 3.8) is 0 Å². The predicted molar refractivity (Wildman–Crippen MR) is 117 cm³/mol. The lowest BCUT2D eigenvalue weighted by Crippen LogP contribution is -2.19. The predicted octanol–water partition coefficient (Wildman–Crippen LogP) is 5.09. The molecule has 0 radical (unpaired) electrons. The standard InChI is InChI=1S/C24H23NO5S/c1-3-24(28-17-18-7-5-4-6-8-18)30-22-14-19(16-25)13-21(15-22)29-20-9-11-23(12-10-20)31(2,26)27/h4-15,24H,3,17H2,1-2H3. The maximum absolute atomic E-state index is 11.6. The summed E-state index contributed by atoms with van der Waals surface area (Å²) in [6.07, 6.45) is 1.27. The normalized spacial score (nSPS) is 12.0. The molecule has 0 saturated heterocycles. The van der Waals surface area contributed by atoms with Crippen LogP contribution in [0, 0.1) is 11.3 Å². The molecule has 0 aliphatic carbocycles. The quantitative estimate of drug-likeness (QED) is 0.434. The van der Waals surface area contributed by atoms with Gasteiger partial charge in [-0.15, -0.1) is 0 Å². The highest BCUT2D eigenvalue weighted by molar-refractivity contribution is 7.90. The maximum atomic E-state index is 11.6. The van der Waals surface area contributed by atoms with Crippen molar-refractivity contribution in [2.75, 3.05) is 6.26 Å². The van der Waals surface area contributed by atoms with Gasteiger partial charge < -0.3 is 14.2 Å². The van der Waals surface area contributed by atoms with Crippen molar-refractivity contribution in [2.45, 2.75) is 31.1 Å². The lowest BCUT2D eigenvalue weighted by atomic mass is 10.2. The van der Waals surface area contributed by atoms with Crippen molar-refractivity contribution < 1.29 is 22.6 Å². The highest BCUT2D eigenvalue weighted by atomic mass is 32.2. The molecular formula is C24H23NO5S. The minimum absolute atomic E-state index is 0.205. The summed E-state index contributed by atoms with van der Waals surface area (Å²) in [7, 11) is -3.28. The molecule has 7 heteroatoms. The molecule has 3 aromatic carbocycles. The van der Waals surface area contributed by atoms with Gasteiger partial charge in [0.1, 0.15) is 17.2 Å². The van der Waals surface area contributed by atoms with E-state index in [4.69, 9.17) is 14.2 Å². The monoisotopic (exact) mass is 437 g/mol. The van der Waals surface area contributed by atoms with Crippen LogP contribution < -0.4 is 9.47 Å². The van der Waals surface area contributed by atoms with Crippen molar-refractivity contribution in [3.05, 3.63) is 83.9 Å². The molecule has 0 bridgehead atoms. The summed E-state index contributed by atoms with van der Waals surface area (Å²) >= 11 is 0. The van der Waals surface area contributed by atoms with E-state index in [0.717, 1.165) is 11.8 Å². The zero-order valence-electron chi connectivity index (χ0n) is 17.3. The molecule has 160 valence electrons. The first kappa shape index (κ1) is 22.3. The van der Waals surface area contributed by atoms with Gasteiger partial charge >= 0.3 is 0 Å². The second-order valence-corrected chi connectivity index (χ2v) is 8.92. The Bertz CT molecular complexity index is 1150. The second-order valence-electron chi connectivity index (χ2n) is 6.90. The average molecular weight is 438 g/mol. The van der Waals surface area contributed by atoms with E-state index in [1.807, 2.05) is 37.3 Å². The van der Waals surface area contributed by atoms with Gasteiger partial charge in [-0.3, -0.25) is 0 Å². The molecule has 1 unspecified atom stereocenters. The molecule has 0 aromatic heterocycles. The van der Waals surface area contributed by atoms with Crippen LogP contribution >= 0.6 is 0 Å². The summed E-state index contributed by atoms with van der Waals surface area (Å²) in [5, 5.41) is 9.36. The molecule has 0 saturated carbocycles. The number of rotatable bonds is 9. The van der Waals surface area contributed by atoms with Crippen LogP contribution in [0.4, 0.5) is 0 Å². The molecule has 0 fully saturated rings. The Morgan fingerprint density at radius 1 is 0.935 bits per heavy atom. The molecule has 31 heavy (non-hydrogen) atoms. The summed E-state index contributed by atoms with van der Waals surface area (Å²) in [4.78, 5) is 0.205. The third kappa shape index (κ3) is 6.57. The second kappa shape index (κ2) is 10.1. The molecule has 0 N–H and O–H groups in total. The van der Waals surface area contributed by atoms with Crippen molar-refractivity contribution in [3.8, 4) is 23.3 Å². The summed E-state index contributed by atoms with van der Waals surface area (Å²) in [6.45, 7) is 2.36. The van der Waals surface area contributed by atoms with Crippen LogP contribution in [0.1, 0.15) is 24.5 Å². The number of nitrogens with zero attached hydrogens (tertiary/aromatic N) is 1. The number of sulfone groups is 1. The van der Waals surface area contributed by atoms with E-state index in [1.54, 1.807) is 30.3 Å². The number of nitriles is 1. The van der Waals surface area contributed by atoms with Gasteiger partial charge in [-0.1, -0.05) is 37.3 Å². The van der Waals surface area contributed by atoms with Gasteiger partial charge in [-0.05, 0) is 42.0 Å². The van der Waals surface area contributed by atoms with E-state index >= 15 is 0 Å². The van der Waals surface area contributed by atoms with E-state index in [2.05, 4.69) is 6.07 Å². The van der Waals surface area contributed by atoms with Crippen molar-refractivity contribution >= 4 is 9.84 Å². The summed E-state index contributed by atoms with van der Waals surface area (Å²) in [5.74, 6) is 1.29. The summed E-state index contributed by atoms with van der Waals surface area (Å²) in [6, 6.07) is 22.8. The molecular weight excluding hydrogens is 414 g/mol. The van der Waals surface area contributed by atoms with E-state index in [1.165, 1.54) is 12.1 Å². The first-order valence-corrected chi connectivity index (χ1v) is 11.6. The van der Waals surface area contributed by atoms with Crippen LogP contribution in [-0.4, -0.2) is 21.0 Å². The summed E-state index contributed by atoms with van der Waals surface area (Å²) < 4.78 is 40.8. The Morgan fingerprint density at radius 2 is 1.61 bits per heavy atom. The Balaban J connectivity index is 1.72. The molecule has 0 aliphatic rings. The van der Waals surface area contributed by atoms with Crippen molar-refractivity contribution in [1.29, 1.82) is 5.26 Å². The van der Waals surface area contributed by atoms with Gasteiger partial charge in [0, 0.05) is 18.7 Å². The average Bonchev–Trinajstić information content (AvgIpc) is 2.77. The van der Waals surface area contributed by atoms with E-state index in [9.17, 15) is 13.7 Å². The van der Waals surface area contributed by atoms with Crippen LogP contribution in [0.3, 0.4) is 0 Å². The Labute approximate surface area is 182 Å². The first-order valence-electron chi connectivity index (χ1n) is 9.72. The van der Waals surface area contributed by atoms with Crippen LogP contribution in [0.2, 0.25) is 0 Å². The number of benzene rings is 3. The van der Waals surface area contributed by atoms with E-state index < -0.39 is 16.1 Å². The van der Waals surface area contributed by atoms with E-state index in [-0.39, 0.29) is 4.90 Å². The van der Waals surface area contributed by atoms with Crippen molar-refractivity contribution in [2.24, 2.45) is 0 Å². The van der Waals surface area contributed by atoms with Crippen LogP contribution in [0.25, 0.3) is 0 Å². The highest BCUT2D eigenvalue weighted by Gasteiger charge is 2.12. The minimum atomic E-state index is -3.28. The third-order valence-electron chi connectivity index (χ3n) is 4.38. The van der Waals surface area contributed by atoms with Crippen LogP contribution in [-0.2, 0) is 21.2 Å². The number of hydrogen-bond acceptors (Lipinski definition) is 6. The lowest BCUT2D eigenvalue weighted by Gasteiger charge is -2.19. The fraction of sp³-hybridized carbons (Fsp3) is 0.208. The SMILES string of the molecule is CCC(OCc1ccccc1)Oc1cc(C#N)cc(Oc2ccc(S(C)(=O)=O)cc2)c1. The van der Waals surface area contributed by atoms with Gasteiger partial charge in [-0.25, -0.2) is 8.42 Å². The first-order chi connectivity index (χ1) is 14.9. The Hall–Kier alpha value is -3.34. The smallest absolute Gasteiger partial charge is 0.199 e. The fourth-order valence-corrected chi connectivity index (χ4v) is 3.44. The van der Waals surface area contributed by atoms with E-state index in [0.29, 0.717) is 35.8 Å². The molecule has 0 heterocycles. The lowest BCUT2D eigenvalue weighted by molar-refractivity contribution is -0.0906. The molecule has 3 rings (SSSR count). The fourth-order valence-electron chi connectivity index (χ4n) is 2.80. The molecule has 0 aliphatic heterocycles. The largest absolute Gasteiger partial charge is 0.465 e. The van der Waals surface area contributed by atoms with Gasteiger partial charge in [0.15, 0.2) is 16.1 Å². The van der Waals surface area contributed by atoms with Gasteiger partial charge in [0.05, 0.1) is 23.1 Å². The molecule has 6 nitrogen and oxygen atoms in total.